The molecule has 1 amide bonds. The van der Waals surface area contributed by atoms with Crippen LogP contribution in [0.1, 0.15) is 32.0 Å². The summed E-state index contributed by atoms with van der Waals surface area (Å²) in [6.45, 7) is 2.43. The van der Waals surface area contributed by atoms with Crippen LogP contribution in [0.5, 0.6) is 0 Å². The van der Waals surface area contributed by atoms with Crippen molar-refractivity contribution in [1.29, 1.82) is 0 Å². The molecule has 5 nitrogen and oxygen atoms in total. The van der Waals surface area contributed by atoms with Gasteiger partial charge in [0.1, 0.15) is 6.26 Å². The van der Waals surface area contributed by atoms with Crippen LogP contribution in [-0.4, -0.2) is 28.9 Å². The Labute approximate surface area is 116 Å². The number of furan rings is 1. The zero-order valence-electron chi connectivity index (χ0n) is 11.3. The van der Waals surface area contributed by atoms with E-state index in [1.807, 2.05) is 31.2 Å². The lowest BCUT2D eigenvalue weighted by Crippen LogP contribution is -2.25. The van der Waals surface area contributed by atoms with Gasteiger partial charge in [-0.2, -0.15) is 0 Å². The van der Waals surface area contributed by atoms with E-state index in [-0.39, 0.29) is 17.2 Å². The van der Waals surface area contributed by atoms with E-state index < -0.39 is 5.97 Å². The van der Waals surface area contributed by atoms with Crippen LogP contribution in [-0.2, 0) is 6.54 Å². The standard InChI is InChI=1S/C15H15NO4/c1-10-3-5-11(6-4-10)8-16(2)14(17)13-7-12(9-20-13)15(18)19/h3-7,9H,8H2,1-2H3,(H,18,19). The molecule has 2 rings (SSSR count). The maximum absolute atomic E-state index is 12.1. The minimum Gasteiger partial charge on any atom is -0.478 e. The van der Waals surface area contributed by atoms with E-state index in [4.69, 9.17) is 9.52 Å². The SMILES string of the molecule is Cc1ccc(CN(C)C(=O)c2cc(C(=O)O)co2)cc1. The van der Waals surface area contributed by atoms with Gasteiger partial charge in [-0.15, -0.1) is 0 Å². The van der Waals surface area contributed by atoms with Gasteiger partial charge in [0, 0.05) is 19.7 Å². The van der Waals surface area contributed by atoms with Crippen LogP contribution < -0.4 is 0 Å². The molecule has 1 aromatic carbocycles. The number of hydrogen-bond donors (Lipinski definition) is 1. The number of carbonyl (C=O) groups excluding carboxylic acids is 1. The second-order valence-electron chi connectivity index (χ2n) is 4.65. The molecule has 0 unspecified atom stereocenters. The number of rotatable bonds is 4. The van der Waals surface area contributed by atoms with Gasteiger partial charge >= 0.3 is 5.97 Å². The Balaban J connectivity index is 2.07. The summed E-state index contributed by atoms with van der Waals surface area (Å²) in [5.74, 6) is -1.44. The number of hydrogen-bond acceptors (Lipinski definition) is 3. The van der Waals surface area contributed by atoms with Crippen LogP contribution in [0.3, 0.4) is 0 Å². The van der Waals surface area contributed by atoms with Crippen LogP contribution >= 0.6 is 0 Å². The highest BCUT2D eigenvalue weighted by Crippen LogP contribution is 2.12. The molecule has 2 aromatic rings. The average molecular weight is 273 g/mol. The Morgan fingerprint density at radius 3 is 2.45 bits per heavy atom. The van der Waals surface area contributed by atoms with Gasteiger partial charge in [-0.25, -0.2) is 4.79 Å². The molecule has 0 saturated heterocycles. The van der Waals surface area contributed by atoms with E-state index in [0.717, 1.165) is 17.4 Å². The Kier molecular flexibility index (Phi) is 3.89. The van der Waals surface area contributed by atoms with Crippen molar-refractivity contribution in [3.8, 4) is 0 Å². The minimum absolute atomic E-state index is 0.0250. The Bertz CT molecular complexity index is 628. The van der Waals surface area contributed by atoms with Crippen LogP contribution in [0.4, 0.5) is 0 Å². The second-order valence-corrected chi connectivity index (χ2v) is 4.65. The summed E-state index contributed by atoms with van der Waals surface area (Å²) in [6.07, 6.45) is 1.06. The fraction of sp³-hybridized carbons (Fsp3) is 0.200. The molecule has 0 spiro atoms. The van der Waals surface area contributed by atoms with Gasteiger partial charge in [-0.3, -0.25) is 4.79 Å². The van der Waals surface area contributed by atoms with E-state index >= 15 is 0 Å². The van der Waals surface area contributed by atoms with Crippen molar-refractivity contribution in [3.05, 3.63) is 59.0 Å². The van der Waals surface area contributed by atoms with Gasteiger partial charge in [0.25, 0.3) is 5.91 Å². The first-order valence-electron chi connectivity index (χ1n) is 6.10. The predicted molar refractivity (Wildman–Crippen MR) is 72.6 cm³/mol. The molecule has 104 valence electrons. The first kappa shape index (κ1) is 13.9. The molecule has 0 aliphatic rings. The normalized spacial score (nSPS) is 10.3. The van der Waals surface area contributed by atoms with Gasteiger partial charge in [-0.05, 0) is 12.5 Å². The number of carboxylic acids is 1. The molecule has 0 aliphatic carbocycles. The first-order valence-corrected chi connectivity index (χ1v) is 6.10. The fourth-order valence-electron chi connectivity index (χ4n) is 1.79. The Morgan fingerprint density at radius 1 is 1.25 bits per heavy atom. The fourth-order valence-corrected chi connectivity index (χ4v) is 1.79. The lowest BCUT2D eigenvalue weighted by Gasteiger charge is -2.15. The zero-order valence-corrected chi connectivity index (χ0v) is 11.3. The zero-order chi connectivity index (χ0) is 14.7. The minimum atomic E-state index is -1.12. The van der Waals surface area contributed by atoms with Crippen molar-refractivity contribution in [3.63, 3.8) is 0 Å². The maximum atomic E-state index is 12.1. The van der Waals surface area contributed by atoms with Gasteiger partial charge in [0.2, 0.25) is 0 Å². The third kappa shape index (κ3) is 3.06. The van der Waals surface area contributed by atoms with Gasteiger partial charge < -0.3 is 14.4 Å². The molecule has 0 bridgehead atoms. The number of nitrogens with zero attached hydrogens (tertiary/aromatic N) is 1. The molecular weight excluding hydrogens is 258 g/mol. The molecule has 0 fully saturated rings. The largest absolute Gasteiger partial charge is 0.478 e. The van der Waals surface area contributed by atoms with E-state index in [1.165, 1.54) is 11.0 Å². The van der Waals surface area contributed by atoms with Crippen molar-refractivity contribution < 1.29 is 19.1 Å². The molecule has 1 aromatic heterocycles. The molecule has 0 radical (unpaired) electrons. The topological polar surface area (TPSA) is 70.8 Å². The smallest absolute Gasteiger partial charge is 0.338 e. The Morgan fingerprint density at radius 2 is 1.90 bits per heavy atom. The molecule has 0 aliphatic heterocycles. The molecule has 20 heavy (non-hydrogen) atoms. The van der Waals surface area contributed by atoms with Crippen molar-refractivity contribution >= 4 is 11.9 Å². The highest BCUT2D eigenvalue weighted by molar-refractivity contribution is 5.95. The number of carboxylic acid groups (broad SMARTS) is 1. The summed E-state index contributed by atoms with van der Waals surface area (Å²) in [5.41, 5.74) is 2.12. The van der Waals surface area contributed by atoms with Gasteiger partial charge in [0.15, 0.2) is 5.76 Å². The molecule has 0 atom stereocenters. The summed E-state index contributed by atoms with van der Waals surface area (Å²) in [6, 6.07) is 9.08. The monoisotopic (exact) mass is 273 g/mol. The first-order chi connectivity index (χ1) is 9.47. The van der Waals surface area contributed by atoms with Crippen molar-refractivity contribution in [2.24, 2.45) is 0 Å². The van der Waals surface area contributed by atoms with E-state index in [0.29, 0.717) is 6.54 Å². The van der Waals surface area contributed by atoms with Gasteiger partial charge in [-0.1, -0.05) is 29.8 Å². The molecule has 0 saturated carbocycles. The van der Waals surface area contributed by atoms with Crippen LogP contribution in [0.15, 0.2) is 41.0 Å². The summed E-state index contributed by atoms with van der Waals surface area (Å²) in [5, 5.41) is 8.79. The van der Waals surface area contributed by atoms with Crippen molar-refractivity contribution in [1.82, 2.24) is 4.90 Å². The third-order valence-electron chi connectivity index (χ3n) is 2.94. The highest BCUT2D eigenvalue weighted by Gasteiger charge is 2.18. The predicted octanol–water partition coefficient (Wildman–Crippen LogP) is 2.56. The molecule has 1 heterocycles. The maximum Gasteiger partial charge on any atom is 0.338 e. The van der Waals surface area contributed by atoms with Crippen LogP contribution in [0, 0.1) is 6.92 Å². The van der Waals surface area contributed by atoms with E-state index in [1.54, 1.807) is 7.05 Å². The summed E-state index contributed by atoms with van der Waals surface area (Å²) in [4.78, 5) is 24.3. The second kappa shape index (κ2) is 5.61. The lowest BCUT2D eigenvalue weighted by atomic mass is 10.1. The molecule has 5 heteroatoms. The number of carbonyl (C=O) groups is 2. The van der Waals surface area contributed by atoms with E-state index in [9.17, 15) is 9.59 Å². The highest BCUT2D eigenvalue weighted by atomic mass is 16.4. The summed E-state index contributed by atoms with van der Waals surface area (Å²) < 4.78 is 4.99. The molecular formula is C15H15NO4. The van der Waals surface area contributed by atoms with Gasteiger partial charge in [0.05, 0.1) is 5.56 Å². The Hall–Kier alpha value is -2.56. The number of aromatic carboxylic acids is 1. The van der Waals surface area contributed by atoms with Crippen molar-refractivity contribution in [2.75, 3.05) is 7.05 Å². The number of benzene rings is 1. The quantitative estimate of drug-likeness (QED) is 0.929. The van der Waals surface area contributed by atoms with Crippen molar-refractivity contribution in [2.45, 2.75) is 13.5 Å². The number of amides is 1. The third-order valence-corrected chi connectivity index (χ3v) is 2.94. The summed E-state index contributed by atoms with van der Waals surface area (Å²) >= 11 is 0. The average Bonchev–Trinajstić information content (AvgIpc) is 2.90. The van der Waals surface area contributed by atoms with Crippen LogP contribution in [0.2, 0.25) is 0 Å². The van der Waals surface area contributed by atoms with E-state index in [2.05, 4.69) is 0 Å². The summed E-state index contributed by atoms with van der Waals surface area (Å²) in [7, 11) is 1.64. The van der Waals surface area contributed by atoms with Crippen LogP contribution in [0.25, 0.3) is 0 Å². The lowest BCUT2D eigenvalue weighted by molar-refractivity contribution is 0.0695. The number of aryl methyl sites for hydroxylation is 1. The molecule has 1 N–H and O–H groups in total.